The molecule has 0 amide bonds. The molecule has 0 aliphatic rings. The van der Waals surface area contributed by atoms with E-state index in [2.05, 4.69) is 6.92 Å². The van der Waals surface area contributed by atoms with Crippen molar-refractivity contribution in [2.45, 2.75) is 39.0 Å². The molecule has 0 aliphatic heterocycles. The maximum atomic E-state index is 5.06. The van der Waals surface area contributed by atoms with E-state index in [1.54, 1.807) is 0 Å². The van der Waals surface area contributed by atoms with Gasteiger partial charge in [0.25, 0.3) is 0 Å². The summed E-state index contributed by atoms with van der Waals surface area (Å²) in [6.45, 7) is 3.24. The Morgan fingerprint density at radius 1 is 1.11 bits per heavy atom. The minimum absolute atomic E-state index is 0.908. The van der Waals surface area contributed by atoms with Crippen LogP contribution < -0.4 is 0 Å². The molecule has 0 radical (unpaired) electrons. The van der Waals surface area contributed by atoms with Gasteiger partial charge < -0.3 is 4.43 Å². The fraction of sp³-hybridized carbons (Fsp3) is 1.00. The molecule has 9 heavy (non-hydrogen) atoms. The molecule has 0 N–H and O–H groups in total. The summed E-state index contributed by atoms with van der Waals surface area (Å²) in [5, 5.41) is 0. The van der Waals surface area contributed by atoms with Crippen molar-refractivity contribution >= 4 is 10.5 Å². The van der Waals surface area contributed by atoms with E-state index in [9.17, 15) is 0 Å². The van der Waals surface area contributed by atoms with Gasteiger partial charge in [0.2, 0.25) is 0 Å². The van der Waals surface area contributed by atoms with E-state index in [1.807, 2.05) is 0 Å². The first-order valence-corrected chi connectivity index (χ1v) is 4.72. The first kappa shape index (κ1) is 9.18. The lowest BCUT2D eigenvalue weighted by atomic mass is 10.2. The van der Waals surface area contributed by atoms with Crippen molar-refractivity contribution in [1.29, 1.82) is 0 Å². The van der Waals surface area contributed by atoms with Crippen LogP contribution in [0.2, 0.25) is 0 Å². The molecule has 0 aromatic carbocycles. The number of unbranched alkanes of at least 4 members (excludes halogenated alkanes) is 4. The predicted octanol–water partition coefficient (Wildman–Crippen LogP) is 1.25. The summed E-state index contributed by atoms with van der Waals surface area (Å²) in [6, 6.07) is 0. The molecule has 0 atom stereocenters. The second-order valence-corrected chi connectivity index (χ2v) is 2.98. The zero-order valence-corrected chi connectivity index (χ0v) is 8.65. The van der Waals surface area contributed by atoms with Gasteiger partial charge in [-0.05, 0) is 6.42 Å². The Hall–Kier alpha value is 0.177. The lowest BCUT2D eigenvalue weighted by Gasteiger charge is -1.97. The second kappa shape index (κ2) is 8.18. The van der Waals surface area contributed by atoms with Gasteiger partial charge in [0.15, 0.2) is 0 Å². The molecule has 0 aliphatic carbocycles. The van der Waals surface area contributed by atoms with Crippen molar-refractivity contribution in [2.24, 2.45) is 0 Å². The van der Waals surface area contributed by atoms with Gasteiger partial charge in [-0.25, -0.2) is 0 Å². The van der Waals surface area contributed by atoms with E-state index in [1.165, 1.54) is 32.1 Å². The summed E-state index contributed by atoms with van der Waals surface area (Å²) in [5.74, 6) is 0. The van der Waals surface area contributed by atoms with E-state index < -0.39 is 0 Å². The second-order valence-electron chi connectivity index (χ2n) is 2.41. The highest BCUT2D eigenvalue weighted by molar-refractivity contribution is 5.97. The highest BCUT2D eigenvalue weighted by atomic mass is 28.2. The molecular formula is C7H18OSi. The molecule has 0 aromatic rings. The lowest BCUT2D eigenvalue weighted by molar-refractivity contribution is 0.333. The van der Waals surface area contributed by atoms with Crippen LogP contribution in [0.15, 0.2) is 0 Å². The van der Waals surface area contributed by atoms with Gasteiger partial charge in [-0.1, -0.05) is 32.6 Å². The van der Waals surface area contributed by atoms with Crippen LogP contribution in [0.4, 0.5) is 0 Å². The smallest absolute Gasteiger partial charge is 0.145 e. The molecule has 0 fully saturated rings. The summed E-state index contributed by atoms with van der Waals surface area (Å²) in [4.78, 5) is 0. The van der Waals surface area contributed by atoms with E-state index in [0.29, 0.717) is 0 Å². The van der Waals surface area contributed by atoms with E-state index >= 15 is 0 Å². The summed E-state index contributed by atoms with van der Waals surface area (Å²) in [7, 11) is 0.908. The molecule has 0 saturated heterocycles. The van der Waals surface area contributed by atoms with Crippen molar-refractivity contribution in [3.8, 4) is 0 Å². The van der Waals surface area contributed by atoms with Crippen molar-refractivity contribution in [3.05, 3.63) is 0 Å². The summed E-state index contributed by atoms with van der Waals surface area (Å²) >= 11 is 0. The van der Waals surface area contributed by atoms with Crippen LogP contribution in [0.25, 0.3) is 0 Å². The molecule has 0 heterocycles. The molecule has 0 unspecified atom stereocenters. The van der Waals surface area contributed by atoms with Crippen LogP contribution in [0, 0.1) is 0 Å². The third kappa shape index (κ3) is 8.18. The molecule has 0 bridgehead atoms. The van der Waals surface area contributed by atoms with Crippen molar-refractivity contribution in [2.75, 3.05) is 6.61 Å². The van der Waals surface area contributed by atoms with Crippen molar-refractivity contribution in [1.82, 2.24) is 0 Å². The molecule has 2 heteroatoms. The molecule has 0 saturated carbocycles. The molecule has 0 spiro atoms. The van der Waals surface area contributed by atoms with Crippen LogP contribution in [0.5, 0.6) is 0 Å². The first-order valence-electron chi connectivity index (χ1n) is 3.90. The van der Waals surface area contributed by atoms with Gasteiger partial charge in [-0.3, -0.25) is 0 Å². The quantitative estimate of drug-likeness (QED) is 0.405. The van der Waals surface area contributed by atoms with Crippen LogP contribution in [-0.2, 0) is 4.43 Å². The SMILES string of the molecule is CCCCCCCO[SiH3]. The average molecular weight is 146 g/mol. The highest BCUT2D eigenvalue weighted by Gasteiger charge is 1.85. The minimum Gasteiger partial charge on any atom is -0.428 e. The van der Waals surface area contributed by atoms with Crippen LogP contribution in [0.1, 0.15) is 39.0 Å². The van der Waals surface area contributed by atoms with Gasteiger partial charge in [-0.15, -0.1) is 0 Å². The van der Waals surface area contributed by atoms with Gasteiger partial charge in [0, 0.05) is 6.61 Å². The predicted molar refractivity (Wildman–Crippen MR) is 44.7 cm³/mol. The minimum atomic E-state index is 0.908. The first-order chi connectivity index (χ1) is 4.41. The number of hydrogen-bond donors (Lipinski definition) is 0. The van der Waals surface area contributed by atoms with Gasteiger partial charge in [0.05, 0.1) is 0 Å². The maximum Gasteiger partial charge on any atom is 0.145 e. The standard InChI is InChI=1S/C7H18OSi/c1-2-3-4-5-6-7-8-9/h2-7H2,1,9H3. The number of rotatable bonds is 6. The van der Waals surface area contributed by atoms with Crippen molar-refractivity contribution in [3.63, 3.8) is 0 Å². The molecule has 0 rings (SSSR count). The highest BCUT2D eigenvalue weighted by Crippen LogP contribution is 2.01. The normalized spacial score (nSPS) is 10.3. The maximum absolute atomic E-state index is 5.06. The Morgan fingerprint density at radius 3 is 2.33 bits per heavy atom. The van der Waals surface area contributed by atoms with E-state index in [0.717, 1.165) is 17.1 Å². The third-order valence-electron chi connectivity index (χ3n) is 1.45. The zero-order valence-electron chi connectivity index (χ0n) is 6.65. The largest absolute Gasteiger partial charge is 0.428 e. The zero-order chi connectivity index (χ0) is 6.95. The van der Waals surface area contributed by atoms with Crippen molar-refractivity contribution < 1.29 is 4.43 Å². The molecule has 56 valence electrons. The topological polar surface area (TPSA) is 9.23 Å². The van der Waals surface area contributed by atoms with E-state index in [-0.39, 0.29) is 0 Å². The average Bonchev–Trinajstić information content (AvgIpc) is 1.89. The van der Waals surface area contributed by atoms with E-state index in [4.69, 9.17) is 4.43 Å². The fourth-order valence-corrected chi connectivity index (χ4v) is 1.14. The molecule has 1 nitrogen and oxygen atoms in total. The van der Waals surface area contributed by atoms with Crippen LogP contribution in [0.3, 0.4) is 0 Å². The number of hydrogen-bond acceptors (Lipinski definition) is 1. The Kier molecular flexibility index (Phi) is 8.34. The van der Waals surface area contributed by atoms with Crippen LogP contribution in [-0.4, -0.2) is 17.1 Å². The van der Waals surface area contributed by atoms with Gasteiger partial charge in [0.1, 0.15) is 10.5 Å². The lowest BCUT2D eigenvalue weighted by Crippen LogP contribution is -1.88. The van der Waals surface area contributed by atoms with Gasteiger partial charge in [-0.2, -0.15) is 0 Å². The Bertz CT molecular complexity index is 42.2. The molecular weight excluding hydrogens is 128 g/mol. The third-order valence-corrected chi connectivity index (χ3v) is 1.86. The molecule has 0 aromatic heterocycles. The monoisotopic (exact) mass is 146 g/mol. The Balaban J connectivity index is 2.60. The van der Waals surface area contributed by atoms with Crippen LogP contribution >= 0.6 is 0 Å². The summed E-state index contributed by atoms with van der Waals surface area (Å²) in [5.41, 5.74) is 0. The fourth-order valence-electron chi connectivity index (χ4n) is 0.850. The summed E-state index contributed by atoms with van der Waals surface area (Å²) < 4.78 is 5.06. The van der Waals surface area contributed by atoms with Gasteiger partial charge >= 0.3 is 0 Å². The Morgan fingerprint density at radius 2 is 1.78 bits per heavy atom. The Labute approximate surface area is 61.3 Å². The summed E-state index contributed by atoms with van der Waals surface area (Å²) in [6.07, 6.45) is 6.74.